The maximum absolute atomic E-state index is 5.42. The van der Waals surface area contributed by atoms with E-state index in [1.54, 1.807) is 0 Å². The van der Waals surface area contributed by atoms with Crippen molar-refractivity contribution < 1.29 is 0 Å². The van der Waals surface area contributed by atoms with E-state index in [2.05, 4.69) is 261 Å². The molecule has 344 valence electrons. The lowest BCUT2D eigenvalue weighted by Crippen LogP contribution is -2.16. The molecule has 1 aliphatic rings. The number of rotatable bonds is 6. The van der Waals surface area contributed by atoms with E-state index >= 15 is 0 Å². The van der Waals surface area contributed by atoms with Crippen LogP contribution in [0.4, 0.5) is 17.2 Å². The first kappa shape index (κ1) is 40.7. The van der Waals surface area contributed by atoms with Crippen LogP contribution in [0.5, 0.6) is 0 Å². The quantitative estimate of drug-likeness (QED) is 0.167. The number of aromatic nitrogens is 5. The van der Waals surface area contributed by atoms with Crippen molar-refractivity contribution in [3.05, 3.63) is 255 Å². The molecule has 0 fully saturated rings. The number of fused-ring (bicyclic) bond motifs is 11. The second kappa shape index (κ2) is 15.7. The topological polar surface area (TPSA) is 43.8 Å². The van der Waals surface area contributed by atoms with Gasteiger partial charge in [0.05, 0.1) is 68.2 Å². The number of hydrogen-bond donors (Lipinski definition) is 0. The zero-order valence-electron chi connectivity index (χ0n) is 39.9. The lowest BCUT2D eigenvalue weighted by atomic mass is 9.87. The summed E-state index contributed by atoms with van der Waals surface area (Å²) in [5, 5.41) is 9.61. The molecule has 0 saturated carbocycles. The van der Waals surface area contributed by atoms with Crippen LogP contribution >= 0.6 is 0 Å². The van der Waals surface area contributed by atoms with E-state index in [-0.39, 0.29) is 0 Å². The standard InChI is InChI=1S/C68H42N6/c1-3-16-43(17-4-1)45-30-35-62-55(38-45)57-39-56-54-34-33-48(44-18-5-2-6-19-44)53-24-15-29-63(68(53)54)74(67-37-32-47(42-70-67)72-60-27-13-9-22-51(60)52-23-10-14-28-61(52)72)64(56)40-65(57)73(62)66-36-31-46(41-69-66)71-58-25-11-7-20-49(58)50-21-8-12-26-59(50)71/h1-42H. The molecule has 5 aromatic heterocycles. The van der Waals surface area contributed by atoms with Crippen LogP contribution in [0.3, 0.4) is 0 Å². The molecule has 6 heterocycles. The first-order valence-corrected chi connectivity index (χ1v) is 25.2. The van der Waals surface area contributed by atoms with Gasteiger partial charge in [0.25, 0.3) is 0 Å². The normalized spacial score (nSPS) is 12.3. The van der Waals surface area contributed by atoms with Gasteiger partial charge in [0.15, 0.2) is 0 Å². The lowest BCUT2D eigenvalue weighted by molar-refractivity contribution is 1.05. The van der Waals surface area contributed by atoms with Crippen molar-refractivity contribution in [1.29, 1.82) is 0 Å². The van der Waals surface area contributed by atoms with Gasteiger partial charge < -0.3 is 9.13 Å². The van der Waals surface area contributed by atoms with Crippen molar-refractivity contribution >= 4 is 93.4 Å². The molecule has 0 spiro atoms. The summed E-state index contributed by atoms with van der Waals surface area (Å²) in [5.41, 5.74) is 18.0. The average Bonchev–Trinajstić information content (AvgIpc) is 4.11. The van der Waals surface area contributed by atoms with Gasteiger partial charge in [-0.05, 0) is 112 Å². The molecule has 6 nitrogen and oxygen atoms in total. The molecule has 10 aromatic carbocycles. The SMILES string of the molecule is c1ccc(-c2ccc3c(c2)c2cc4c(cc2n3-c2ccc(-n3c5ccccc5c5ccccc53)cn2)N(c2ccc(-n3c5ccccc5c5ccccc53)cn2)c2cccc3c(-c5ccccc5)ccc-4c23)cc1. The van der Waals surface area contributed by atoms with E-state index in [0.717, 1.165) is 83.8 Å². The number of benzene rings is 10. The summed E-state index contributed by atoms with van der Waals surface area (Å²) in [6.07, 6.45) is 4.06. The summed E-state index contributed by atoms with van der Waals surface area (Å²) < 4.78 is 7.01. The van der Waals surface area contributed by atoms with E-state index in [9.17, 15) is 0 Å². The van der Waals surface area contributed by atoms with Crippen LogP contribution in [0.25, 0.3) is 127 Å². The van der Waals surface area contributed by atoms with Crippen molar-refractivity contribution in [3.8, 4) is 50.6 Å². The fraction of sp³-hybridized carbons (Fsp3) is 0. The summed E-state index contributed by atoms with van der Waals surface area (Å²) in [4.78, 5) is 13.2. The first-order valence-electron chi connectivity index (χ1n) is 25.2. The zero-order chi connectivity index (χ0) is 48.4. The predicted octanol–water partition coefficient (Wildman–Crippen LogP) is 17.7. The van der Waals surface area contributed by atoms with Gasteiger partial charge in [-0.3, -0.25) is 9.47 Å². The molecule has 16 rings (SSSR count). The van der Waals surface area contributed by atoms with E-state index in [1.807, 2.05) is 12.4 Å². The monoisotopic (exact) mass is 942 g/mol. The lowest BCUT2D eigenvalue weighted by Gasteiger charge is -2.33. The Morgan fingerprint density at radius 3 is 1.34 bits per heavy atom. The molecule has 1 aliphatic heterocycles. The average molecular weight is 943 g/mol. The van der Waals surface area contributed by atoms with E-state index in [1.165, 1.54) is 60.1 Å². The van der Waals surface area contributed by atoms with Gasteiger partial charge in [-0.2, -0.15) is 0 Å². The minimum absolute atomic E-state index is 0.834. The summed E-state index contributed by atoms with van der Waals surface area (Å²) in [6.45, 7) is 0. The number of para-hydroxylation sites is 4. The molecule has 0 N–H and O–H groups in total. The van der Waals surface area contributed by atoms with E-state index < -0.39 is 0 Å². The van der Waals surface area contributed by atoms with Gasteiger partial charge in [-0.1, -0.05) is 164 Å². The zero-order valence-corrected chi connectivity index (χ0v) is 39.9. The molecule has 0 atom stereocenters. The molecule has 0 amide bonds. The van der Waals surface area contributed by atoms with Crippen molar-refractivity contribution in [1.82, 2.24) is 23.7 Å². The van der Waals surface area contributed by atoms with E-state index in [0.29, 0.717) is 0 Å². The highest BCUT2D eigenvalue weighted by atomic mass is 15.2. The predicted molar refractivity (Wildman–Crippen MR) is 307 cm³/mol. The van der Waals surface area contributed by atoms with Crippen LogP contribution in [0, 0.1) is 0 Å². The Morgan fingerprint density at radius 1 is 0.257 bits per heavy atom. The Bertz CT molecular complexity index is 4650. The second-order valence-corrected chi connectivity index (χ2v) is 19.4. The second-order valence-electron chi connectivity index (χ2n) is 19.4. The van der Waals surface area contributed by atoms with Crippen LogP contribution in [0.1, 0.15) is 0 Å². The van der Waals surface area contributed by atoms with Gasteiger partial charge in [-0.25, -0.2) is 9.97 Å². The maximum atomic E-state index is 5.42. The highest BCUT2D eigenvalue weighted by Gasteiger charge is 2.30. The first-order chi connectivity index (χ1) is 36.7. The Morgan fingerprint density at radius 2 is 0.757 bits per heavy atom. The van der Waals surface area contributed by atoms with Crippen LogP contribution in [0.15, 0.2) is 255 Å². The summed E-state index contributed by atoms with van der Waals surface area (Å²) >= 11 is 0. The fourth-order valence-corrected chi connectivity index (χ4v) is 12.2. The Kier molecular flexibility index (Phi) is 8.64. The molecule has 0 radical (unpaired) electrons. The number of anilines is 3. The van der Waals surface area contributed by atoms with Gasteiger partial charge in [-0.15, -0.1) is 0 Å². The minimum atomic E-state index is 0.834. The van der Waals surface area contributed by atoms with Crippen molar-refractivity contribution in [2.75, 3.05) is 4.90 Å². The van der Waals surface area contributed by atoms with Crippen LogP contribution in [0.2, 0.25) is 0 Å². The highest BCUT2D eigenvalue weighted by Crippen LogP contribution is 2.54. The van der Waals surface area contributed by atoms with Crippen LogP contribution < -0.4 is 4.90 Å². The molecule has 0 bridgehead atoms. The maximum Gasteiger partial charge on any atom is 0.137 e. The van der Waals surface area contributed by atoms with Gasteiger partial charge in [0.2, 0.25) is 0 Å². The Labute approximate surface area is 425 Å². The van der Waals surface area contributed by atoms with Gasteiger partial charge >= 0.3 is 0 Å². The molecule has 74 heavy (non-hydrogen) atoms. The van der Waals surface area contributed by atoms with Crippen molar-refractivity contribution in [3.63, 3.8) is 0 Å². The van der Waals surface area contributed by atoms with Crippen molar-refractivity contribution in [2.45, 2.75) is 0 Å². The van der Waals surface area contributed by atoms with Gasteiger partial charge in [0, 0.05) is 43.3 Å². The summed E-state index contributed by atoms with van der Waals surface area (Å²) in [5.74, 6) is 1.68. The largest absolute Gasteiger partial charge is 0.308 e. The molecule has 0 unspecified atom stereocenters. The molecular weight excluding hydrogens is 901 g/mol. The molecule has 0 aliphatic carbocycles. The summed E-state index contributed by atoms with van der Waals surface area (Å²) in [7, 11) is 0. The summed E-state index contributed by atoms with van der Waals surface area (Å²) in [6, 6.07) is 87.8. The molecular formula is C68H42N6. The molecule has 6 heteroatoms. The fourth-order valence-electron chi connectivity index (χ4n) is 12.2. The third kappa shape index (κ3) is 5.88. The Hall–Kier alpha value is -10.0. The molecule has 0 saturated heterocycles. The Balaban J connectivity index is 0.944. The number of nitrogens with zero attached hydrogens (tertiary/aromatic N) is 6. The third-order valence-electron chi connectivity index (χ3n) is 15.5. The van der Waals surface area contributed by atoms with Crippen molar-refractivity contribution in [2.24, 2.45) is 0 Å². The smallest absolute Gasteiger partial charge is 0.137 e. The third-order valence-corrected chi connectivity index (χ3v) is 15.5. The molecule has 15 aromatic rings. The number of pyridine rings is 2. The minimum Gasteiger partial charge on any atom is -0.308 e. The highest BCUT2D eigenvalue weighted by molar-refractivity contribution is 6.21. The van der Waals surface area contributed by atoms with Crippen LogP contribution in [-0.4, -0.2) is 23.7 Å². The van der Waals surface area contributed by atoms with Crippen LogP contribution in [-0.2, 0) is 0 Å². The van der Waals surface area contributed by atoms with E-state index in [4.69, 9.17) is 9.97 Å². The van der Waals surface area contributed by atoms with Gasteiger partial charge in [0.1, 0.15) is 11.6 Å². The number of hydrogen-bond acceptors (Lipinski definition) is 3.